The molecule has 2 heterocycles. The predicted octanol–water partition coefficient (Wildman–Crippen LogP) is 6.52. The maximum Gasteiger partial charge on any atom is 0.164 e. The van der Waals surface area contributed by atoms with E-state index in [-0.39, 0.29) is 5.75 Å². The number of rotatable bonds is 3. The summed E-state index contributed by atoms with van der Waals surface area (Å²) in [6.07, 6.45) is 4.53. The minimum absolute atomic E-state index is 0.125. The third kappa shape index (κ3) is 3.46. The number of benzene rings is 3. The van der Waals surface area contributed by atoms with Crippen molar-refractivity contribution in [3.63, 3.8) is 0 Å². The lowest BCUT2D eigenvalue weighted by Crippen LogP contribution is -2.04. The Morgan fingerprint density at radius 2 is 1.66 bits per heavy atom. The molecule has 0 fully saturated rings. The number of nitriles is 1. The summed E-state index contributed by atoms with van der Waals surface area (Å²) >= 11 is 0. The van der Waals surface area contributed by atoms with Crippen molar-refractivity contribution in [1.82, 2.24) is 14.8 Å². The Labute approximate surface area is 203 Å². The maximum atomic E-state index is 10.8. The molecule has 0 atom stereocenters. The molecule has 1 N–H and O–H groups in total. The Morgan fingerprint density at radius 1 is 0.914 bits per heavy atom. The van der Waals surface area contributed by atoms with Crippen LogP contribution in [0.3, 0.4) is 0 Å². The van der Waals surface area contributed by atoms with Gasteiger partial charge in [0.25, 0.3) is 0 Å². The van der Waals surface area contributed by atoms with Crippen molar-refractivity contribution in [3.05, 3.63) is 95.2 Å². The van der Waals surface area contributed by atoms with Crippen LogP contribution in [0.25, 0.3) is 39.1 Å². The first-order chi connectivity index (χ1) is 17.2. The molecule has 0 saturated carbocycles. The minimum Gasteiger partial charge on any atom is -0.507 e. The van der Waals surface area contributed by atoms with Gasteiger partial charge in [-0.15, -0.1) is 0 Å². The van der Waals surface area contributed by atoms with Crippen LogP contribution in [0.4, 0.5) is 0 Å². The number of hydrogen-bond donors (Lipinski definition) is 1. The molecule has 3 aromatic carbocycles. The van der Waals surface area contributed by atoms with Gasteiger partial charge in [0, 0.05) is 16.7 Å². The Hall–Kier alpha value is -4.43. The molecule has 5 heteroatoms. The lowest BCUT2D eigenvalue weighted by molar-refractivity contribution is 0.477. The first-order valence-corrected chi connectivity index (χ1v) is 11.9. The maximum absolute atomic E-state index is 10.8. The number of para-hydroxylation sites is 2. The molecule has 0 radical (unpaired) electrons. The standard InChI is InChI=1S/C30H24N4O/c1-19-27-28(24-13-7-8-14-26(24)35)25(18-31)29(22-16-15-20-9-5-6-10-21(20)17-22)32-30(27)34(33-19)23-11-3-2-4-12-23/h2-4,7-8,11-17,35H,5-6,9-10H2,1H3. The molecule has 5 nitrogen and oxygen atoms in total. The second-order valence-corrected chi connectivity index (χ2v) is 9.06. The monoisotopic (exact) mass is 456 g/mol. The van der Waals surface area contributed by atoms with Gasteiger partial charge in [-0.05, 0) is 68.0 Å². The van der Waals surface area contributed by atoms with Crippen molar-refractivity contribution in [1.29, 1.82) is 5.26 Å². The fourth-order valence-electron chi connectivity index (χ4n) is 5.22. The number of fused-ring (bicyclic) bond motifs is 2. The summed E-state index contributed by atoms with van der Waals surface area (Å²) in [7, 11) is 0. The smallest absolute Gasteiger partial charge is 0.164 e. The summed E-state index contributed by atoms with van der Waals surface area (Å²) in [5.74, 6) is 0.125. The van der Waals surface area contributed by atoms with Gasteiger partial charge in [-0.1, -0.05) is 48.5 Å². The number of hydrogen-bond acceptors (Lipinski definition) is 4. The summed E-state index contributed by atoms with van der Waals surface area (Å²) in [6, 6.07) is 25.9. The first kappa shape index (κ1) is 21.1. The molecule has 5 aromatic rings. The molecule has 170 valence electrons. The lowest BCUT2D eigenvalue weighted by atomic mass is 9.88. The Kier molecular flexibility index (Phi) is 5.08. The highest BCUT2D eigenvalue weighted by Crippen LogP contribution is 2.42. The molecular formula is C30H24N4O. The van der Waals surface area contributed by atoms with Gasteiger partial charge in [0.2, 0.25) is 0 Å². The van der Waals surface area contributed by atoms with Crippen LogP contribution >= 0.6 is 0 Å². The second-order valence-electron chi connectivity index (χ2n) is 9.06. The fraction of sp³-hybridized carbons (Fsp3) is 0.167. The molecule has 0 aliphatic heterocycles. The van der Waals surface area contributed by atoms with E-state index in [2.05, 4.69) is 24.3 Å². The predicted molar refractivity (Wildman–Crippen MR) is 137 cm³/mol. The van der Waals surface area contributed by atoms with E-state index in [1.54, 1.807) is 12.1 Å². The van der Waals surface area contributed by atoms with Crippen molar-refractivity contribution in [2.45, 2.75) is 32.6 Å². The topological polar surface area (TPSA) is 74.7 Å². The highest BCUT2D eigenvalue weighted by Gasteiger charge is 2.25. The Balaban J connectivity index is 1.73. The fourth-order valence-corrected chi connectivity index (χ4v) is 5.22. The van der Waals surface area contributed by atoms with Crippen LogP contribution in [0.15, 0.2) is 72.8 Å². The van der Waals surface area contributed by atoms with Crippen LogP contribution in [0.1, 0.15) is 35.2 Å². The third-order valence-corrected chi connectivity index (χ3v) is 6.90. The highest BCUT2D eigenvalue weighted by molar-refractivity contribution is 6.02. The molecule has 2 aromatic heterocycles. The quantitative estimate of drug-likeness (QED) is 0.335. The highest BCUT2D eigenvalue weighted by atomic mass is 16.3. The van der Waals surface area contributed by atoms with Crippen molar-refractivity contribution >= 4 is 11.0 Å². The SMILES string of the molecule is Cc1nn(-c2ccccc2)c2nc(-c3ccc4c(c3)CCCC4)c(C#N)c(-c3ccccc3O)c12. The molecule has 0 bridgehead atoms. The summed E-state index contributed by atoms with van der Waals surface area (Å²) in [4.78, 5) is 5.07. The number of pyridine rings is 1. The van der Waals surface area contributed by atoms with E-state index in [0.717, 1.165) is 35.2 Å². The molecule has 6 rings (SSSR count). The van der Waals surface area contributed by atoms with Gasteiger partial charge in [-0.3, -0.25) is 0 Å². The van der Waals surface area contributed by atoms with E-state index < -0.39 is 0 Å². The number of aryl methyl sites for hydroxylation is 3. The zero-order chi connectivity index (χ0) is 23.9. The van der Waals surface area contributed by atoms with Gasteiger partial charge in [-0.2, -0.15) is 10.4 Å². The van der Waals surface area contributed by atoms with Crippen molar-refractivity contribution in [3.8, 4) is 39.9 Å². The molecular weight excluding hydrogens is 432 g/mol. The summed E-state index contributed by atoms with van der Waals surface area (Å²) in [6.45, 7) is 1.92. The molecule has 0 unspecified atom stereocenters. The van der Waals surface area contributed by atoms with Gasteiger partial charge in [0.05, 0.1) is 28.0 Å². The second kappa shape index (κ2) is 8.41. The van der Waals surface area contributed by atoms with E-state index in [0.29, 0.717) is 28.0 Å². The van der Waals surface area contributed by atoms with Crippen molar-refractivity contribution in [2.24, 2.45) is 0 Å². The van der Waals surface area contributed by atoms with E-state index in [9.17, 15) is 10.4 Å². The van der Waals surface area contributed by atoms with Gasteiger partial charge in [-0.25, -0.2) is 9.67 Å². The Morgan fingerprint density at radius 3 is 2.43 bits per heavy atom. The first-order valence-electron chi connectivity index (χ1n) is 11.9. The van der Waals surface area contributed by atoms with Crippen LogP contribution in [0.2, 0.25) is 0 Å². The molecule has 0 spiro atoms. The lowest BCUT2D eigenvalue weighted by Gasteiger charge is -2.18. The van der Waals surface area contributed by atoms with Crippen molar-refractivity contribution < 1.29 is 5.11 Å². The molecule has 1 aliphatic rings. The van der Waals surface area contributed by atoms with Crippen molar-refractivity contribution in [2.75, 3.05) is 0 Å². The van der Waals surface area contributed by atoms with Gasteiger partial charge >= 0.3 is 0 Å². The third-order valence-electron chi connectivity index (χ3n) is 6.90. The van der Waals surface area contributed by atoms with E-state index >= 15 is 0 Å². The summed E-state index contributed by atoms with van der Waals surface area (Å²) in [5.41, 5.74) is 8.27. The summed E-state index contributed by atoms with van der Waals surface area (Å²) < 4.78 is 1.83. The number of phenols is 1. The van der Waals surface area contributed by atoms with Crippen LogP contribution in [-0.2, 0) is 12.8 Å². The normalized spacial score (nSPS) is 12.9. The Bertz CT molecular complexity index is 1630. The van der Waals surface area contributed by atoms with Gasteiger partial charge < -0.3 is 5.11 Å². The zero-order valence-electron chi connectivity index (χ0n) is 19.5. The zero-order valence-corrected chi connectivity index (χ0v) is 19.5. The van der Waals surface area contributed by atoms with E-state index in [4.69, 9.17) is 10.1 Å². The molecule has 0 amide bonds. The minimum atomic E-state index is 0.125. The van der Waals surface area contributed by atoms with Crippen LogP contribution in [-0.4, -0.2) is 19.9 Å². The van der Waals surface area contributed by atoms with Crippen LogP contribution in [0, 0.1) is 18.3 Å². The average Bonchev–Trinajstić information content (AvgIpc) is 3.24. The largest absolute Gasteiger partial charge is 0.507 e. The average molecular weight is 457 g/mol. The molecule has 1 aliphatic carbocycles. The number of nitrogens with zero attached hydrogens (tertiary/aromatic N) is 4. The van der Waals surface area contributed by atoms with Crippen LogP contribution in [0.5, 0.6) is 5.75 Å². The number of phenolic OH excluding ortho intramolecular Hbond substituents is 1. The van der Waals surface area contributed by atoms with Gasteiger partial charge in [0.1, 0.15) is 11.8 Å². The van der Waals surface area contributed by atoms with Crippen LogP contribution < -0.4 is 0 Å². The molecule has 35 heavy (non-hydrogen) atoms. The molecule has 0 saturated heterocycles. The number of aromatic nitrogens is 3. The number of aromatic hydroxyl groups is 1. The van der Waals surface area contributed by atoms with Gasteiger partial charge in [0.15, 0.2) is 5.65 Å². The van der Waals surface area contributed by atoms with E-state index in [1.165, 1.54) is 24.0 Å². The van der Waals surface area contributed by atoms with E-state index in [1.807, 2.05) is 54.1 Å². The summed E-state index contributed by atoms with van der Waals surface area (Å²) in [5, 5.41) is 26.8.